The first-order valence-corrected chi connectivity index (χ1v) is 9.17. The minimum Gasteiger partial charge on any atom is -0.367 e. The SMILES string of the molecule is Cc1ccc(NCN2C(=O)NC(c3ccccc3)(c3ccccc3)C2=O)cc1. The molecule has 0 spiro atoms. The Balaban J connectivity index is 1.68. The third kappa shape index (κ3) is 3.01. The van der Waals surface area contributed by atoms with E-state index in [1.54, 1.807) is 0 Å². The van der Waals surface area contributed by atoms with Crippen molar-refractivity contribution in [1.82, 2.24) is 10.2 Å². The van der Waals surface area contributed by atoms with Crippen LogP contribution in [-0.2, 0) is 10.3 Å². The number of hydrogen-bond donors (Lipinski definition) is 2. The summed E-state index contributed by atoms with van der Waals surface area (Å²) < 4.78 is 0. The number of imide groups is 1. The van der Waals surface area contributed by atoms with Crippen molar-refractivity contribution in [3.63, 3.8) is 0 Å². The number of carbonyl (C=O) groups is 2. The molecule has 28 heavy (non-hydrogen) atoms. The first-order chi connectivity index (χ1) is 13.6. The van der Waals surface area contributed by atoms with Gasteiger partial charge in [0.1, 0.15) is 0 Å². The summed E-state index contributed by atoms with van der Waals surface area (Å²) in [4.78, 5) is 27.5. The lowest BCUT2D eigenvalue weighted by atomic mass is 9.83. The largest absolute Gasteiger partial charge is 0.367 e. The Bertz CT molecular complexity index is 946. The highest BCUT2D eigenvalue weighted by atomic mass is 16.2. The summed E-state index contributed by atoms with van der Waals surface area (Å²) in [5.74, 6) is -0.297. The highest BCUT2D eigenvalue weighted by Gasteiger charge is 2.53. The Labute approximate surface area is 164 Å². The fourth-order valence-electron chi connectivity index (χ4n) is 3.50. The van der Waals surface area contributed by atoms with Crippen LogP contribution >= 0.6 is 0 Å². The third-order valence-corrected chi connectivity index (χ3v) is 5.01. The Morgan fingerprint density at radius 2 is 1.36 bits per heavy atom. The summed E-state index contributed by atoms with van der Waals surface area (Å²) in [6.07, 6.45) is 0. The molecule has 0 bridgehead atoms. The van der Waals surface area contributed by atoms with Gasteiger partial charge >= 0.3 is 6.03 Å². The maximum absolute atomic E-state index is 13.5. The van der Waals surface area contributed by atoms with E-state index in [2.05, 4.69) is 10.6 Å². The summed E-state index contributed by atoms with van der Waals surface area (Å²) in [7, 11) is 0. The van der Waals surface area contributed by atoms with Crippen LogP contribution in [0.15, 0.2) is 84.9 Å². The van der Waals surface area contributed by atoms with E-state index in [9.17, 15) is 9.59 Å². The van der Waals surface area contributed by atoms with Crippen molar-refractivity contribution in [2.24, 2.45) is 0 Å². The number of carbonyl (C=O) groups excluding carboxylic acids is 2. The molecule has 1 aliphatic rings. The van der Waals surface area contributed by atoms with Crippen LogP contribution in [0.3, 0.4) is 0 Å². The predicted octanol–water partition coefficient (Wildman–Crippen LogP) is 3.86. The highest BCUT2D eigenvalue weighted by Crippen LogP contribution is 2.35. The molecule has 0 radical (unpaired) electrons. The zero-order valence-corrected chi connectivity index (χ0v) is 15.6. The molecule has 2 N–H and O–H groups in total. The number of hydrogen-bond acceptors (Lipinski definition) is 3. The second-order valence-electron chi connectivity index (χ2n) is 6.85. The molecule has 1 fully saturated rings. The van der Waals surface area contributed by atoms with Gasteiger partial charge in [0.25, 0.3) is 5.91 Å². The molecule has 3 amide bonds. The van der Waals surface area contributed by atoms with Gasteiger partial charge in [-0.3, -0.25) is 4.79 Å². The quantitative estimate of drug-likeness (QED) is 0.670. The molecule has 0 saturated carbocycles. The minimum absolute atomic E-state index is 0.0924. The average molecular weight is 371 g/mol. The van der Waals surface area contributed by atoms with Gasteiger partial charge in [0.05, 0.1) is 6.67 Å². The van der Waals surface area contributed by atoms with Crippen LogP contribution in [0.25, 0.3) is 0 Å². The molecular formula is C23H21N3O2. The van der Waals surface area contributed by atoms with Crippen LogP contribution < -0.4 is 10.6 Å². The number of aryl methyl sites for hydroxylation is 1. The lowest BCUT2D eigenvalue weighted by Crippen LogP contribution is -2.45. The molecule has 5 nitrogen and oxygen atoms in total. The van der Waals surface area contributed by atoms with E-state index in [0.717, 1.165) is 22.4 Å². The van der Waals surface area contributed by atoms with Crippen molar-refractivity contribution in [3.8, 4) is 0 Å². The number of benzene rings is 3. The van der Waals surface area contributed by atoms with Gasteiger partial charge in [-0.1, -0.05) is 78.4 Å². The molecule has 0 aromatic heterocycles. The molecule has 1 aliphatic heterocycles. The smallest absolute Gasteiger partial charge is 0.327 e. The summed E-state index contributed by atoms with van der Waals surface area (Å²) in [5.41, 5.74) is 2.24. The van der Waals surface area contributed by atoms with E-state index in [1.165, 1.54) is 4.90 Å². The number of nitrogens with one attached hydrogen (secondary N) is 2. The van der Waals surface area contributed by atoms with Crippen molar-refractivity contribution in [2.45, 2.75) is 12.5 Å². The molecule has 3 aromatic carbocycles. The van der Waals surface area contributed by atoms with Gasteiger partial charge < -0.3 is 10.6 Å². The van der Waals surface area contributed by atoms with Gasteiger partial charge in [0, 0.05) is 5.69 Å². The second kappa shape index (κ2) is 7.19. The number of urea groups is 1. The van der Waals surface area contributed by atoms with Crippen LogP contribution in [0.5, 0.6) is 0 Å². The molecule has 1 saturated heterocycles. The molecule has 4 rings (SSSR count). The van der Waals surface area contributed by atoms with Crippen molar-refractivity contribution in [3.05, 3.63) is 102 Å². The lowest BCUT2D eigenvalue weighted by Gasteiger charge is -2.28. The average Bonchev–Trinajstić information content (AvgIpc) is 3.00. The first-order valence-electron chi connectivity index (χ1n) is 9.17. The first kappa shape index (κ1) is 17.8. The number of nitrogens with zero attached hydrogens (tertiary/aromatic N) is 1. The van der Waals surface area contributed by atoms with Crippen molar-refractivity contribution < 1.29 is 9.59 Å². The fourth-order valence-corrected chi connectivity index (χ4v) is 3.50. The third-order valence-electron chi connectivity index (χ3n) is 5.01. The Morgan fingerprint density at radius 1 is 0.821 bits per heavy atom. The fraction of sp³-hybridized carbons (Fsp3) is 0.130. The van der Waals surface area contributed by atoms with Gasteiger partial charge in [-0.2, -0.15) is 0 Å². The summed E-state index contributed by atoms with van der Waals surface area (Å²) in [6.45, 7) is 2.10. The van der Waals surface area contributed by atoms with Crippen molar-refractivity contribution in [2.75, 3.05) is 12.0 Å². The molecule has 140 valence electrons. The van der Waals surface area contributed by atoms with Gasteiger partial charge in [0.2, 0.25) is 0 Å². The molecule has 0 atom stereocenters. The van der Waals surface area contributed by atoms with Gasteiger partial charge in [-0.25, -0.2) is 9.69 Å². The summed E-state index contributed by atoms with van der Waals surface area (Å²) in [6, 6.07) is 26.1. The zero-order valence-electron chi connectivity index (χ0n) is 15.6. The van der Waals surface area contributed by atoms with Crippen LogP contribution in [-0.4, -0.2) is 23.5 Å². The standard InChI is InChI=1S/C23H21N3O2/c1-17-12-14-20(15-13-17)24-16-26-21(27)23(25-22(26)28,18-8-4-2-5-9-18)19-10-6-3-7-11-19/h2-15,24H,16H2,1H3,(H,25,28). The number of anilines is 1. The van der Waals surface area contributed by atoms with Crippen LogP contribution in [0.1, 0.15) is 16.7 Å². The molecular weight excluding hydrogens is 350 g/mol. The summed E-state index contributed by atoms with van der Waals surface area (Å²) in [5, 5.41) is 6.10. The van der Waals surface area contributed by atoms with Crippen LogP contribution in [0, 0.1) is 6.92 Å². The normalized spacial score (nSPS) is 15.4. The molecule has 1 heterocycles. The second-order valence-corrected chi connectivity index (χ2v) is 6.85. The maximum atomic E-state index is 13.5. The maximum Gasteiger partial charge on any atom is 0.327 e. The van der Waals surface area contributed by atoms with Crippen LogP contribution in [0.4, 0.5) is 10.5 Å². The van der Waals surface area contributed by atoms with Gasteiger partial charge in [0.15, 0.2) is 5.54 Å². The van der Waals surface area contributed by atoms with E-state index in [4.69, 9.17) is 0 Å². The molecule has 0 unspecified atom stereocenters. The van der Waals surface area contributed by atoms with Crippen molar-refractivity contribution >= 4 is 17.6 Å². The van der Waals surface area contributed by atoms with Gasteiger partial charge in [-0.05, 0) is 30.2 Å². The Kier molecular flexibility index (Phi) is 4.57. The van der Waals surface area contributed by atoms with Crippen molar-refractivity contribution in [1.29, 1.82) is 0 Å². The lowest BCUT2D eigenvalue weighted by molar-refractivity contribution is -0.130. The molecule has 0 aliphatic carbocycles. The molecule has 5 heteroatoms. The van der Waals surface area contributed by atoms with E-state index in [1.807, 2.05) is 91.9 Å². The van der Waals surface area contributed by atoms with E-state index in [0.29, 0.717) is 0 Å². The Morgan fingerprint density at radius 3 is 1.89 bits per heavy atom. The molecule has 3 aromatic rings. The van der Waals surface area contributed by atoms with E-state index >= 15 is 0 Å². The number of amides is 3. The monoisotopic (exact) mass is 371 g/mol. The Hall–Kier alpha value is -3.60. The number of rotatable bonds is 5. The van der Waals surface area contributed by atoms with Crippen LogP contribution in [0.2, 0.25) is 0 Å². The topological polar surface area (TPSA) is 61.4 Å². The zero-order chi connectivity index (χ0) is 19.6. The van der Waals surface area contributed by atoms with E-state index in [-0.39, 0.29) is 12.6 Å². The predicted molar refractivity (Wildman–Crippen MR) is 109 cm³/mol. The summed E-state index contributed by atoms with van der Waals surface area (Å²) >= 11 is 0. The highest BCUT2D eigenvalue weighted by molar-refractivity contribution is 6.09. The van der Waals surface area contributed by atoms with E-state index < -0.39 is 11.6 Å². The minimum atomic E-state index is -1.23. The van der Waals surface area contributed by atoms with Gasteiger partial charge in [-0.15, -0.1) is 0 Å².